The van der Waals surface area contributed by atoms with Gasteiger partial charge in [0.1, 0.15) is 0 Å². The standard InChI is InChI=1S/C56H111NO5/c1-3-5-7-9-11-13-15-16-17-18-19-20-23-26-30-34-38-42-46-50-56(61)62-51-47-43-39-35-31-27-24-21-22-25-29-33-37-41-45-49-55(60)57-53(52-58)54(59)48-44-40-36-32-28-14-12-10-8-6-4-2/h53-54,58-59H,3-52H2,1-2H3,(H,57,60). The van der Waals surface area contributed by atoms with Crippen LogP contribution in [0.1, 0.15) is 322 Å². The maximum Gasteiger partial charge on any atom is 0.305 e. The monoisotopic (exact) mass is 878 g/mol. The van der Waals surface area contributed by atoms with Crippen LogP contribution in [0.3, 0.4) is 0 Å². The molecule has 2 atom stereocenters. The van der Waals surface area contributed by atoms with Crippen LogP contribution >= 0.6 is 0 Å². The van der Waals surface area contributed by atoms with Crippen molar-refractivity contribution in [1.82, 2.24) is 5.32 Å². The lowest BCUT2D eigenvalue weighted by atomic mass is 10.0. The van der Waals surface area contributed by atoms with Crippen LogP contribution < -0.4 is 5.32 Å². The molecule has 0 radical (unpaired) electrons. The molecule has 0 fully saturated rings. The predicted molar refractivity (Wildman–Crippen MR) is 269 cm³/mol. The van der Waals surface area contributed by atoms with Crippen molar-refractivity contribution in [3.63, 3.8) is 0 Å². The maximum absolute atomic E-state index is 12.4. The molecule has 0 aromatic carbocycles. The number of rotatable bonds is 53. The topological polar surface area (TPSA) is 95.9 Å². The third-order valence-electron chi connectivity index (χ3n) is 13.4. The number of hydrogen-bond acceptors (Lipinski definition) is 5. The molecule has 0 aromatic rings. The van der Waals surface area contributed by atoms with Gasteiger partial charge < -0.3 is 20.3 Å². The van der Waals surface area contributed by atoms with Gasteiger partial charge in [0.05, 0.1) is 25.4 Å². The Morgan fingerprint density at radius 1 is 0.387 bits per heavy atom. The molecule has 0 saturated carbocycles. The highest BCUT2D eigenvalue weighted by atomic mass is 16.5. The zero-order valence-corrected chi connectivity index (χ0v) is 42.1. The number of hydrogen-bond donors (Lipinski definition) is 3. The van der Waals surface area contributed by atoms with Gasteiger partial charge in [-0.3, -0.25) is 9.59 Å². The molecule has 0 rings (SSSR count). The number of esters is 1. The van der Waals surface area contributed by atoms with Gasteiger partial charge in [-0.05, 0) is 25.7 Å². The summed E-state index contributed by atoms with van der Waals surface area (Å²) in [4.78, 5) is 24.5. The van der Waals surface area contributed by atoms with Gasteiger partial charge in [0.25, 0.3) is 0 Å². The fraction of sp³-hybridized carbons (Fsp3) is 0.964. The Hall–Kier alpha value is -1.14. The molecule has 6 nitrogen and oxygen atoms in total. The van der Waals surface area contributed by atoms with E-state index in [-0.39, 0.29) is 18.5 Å². The summed E-state index contributed by atoms with van der Waals surface area (Å²) in [5.74, 6) is -0.0365. The lowest BCUT2D eigenvalue weighted by Crippen LogP contribution is -2.45. The number of amides is 1. The van der Waals surface area contributed by atoms with E-state index in [1.807, 2.05) is 0 Å². The second kappa shape index (κ2) is 52.5. The molecule has 0 heterocycles. The highest BCUT2D eigenvalue weighted by Gasteiger charge is 2.20. The molecule has 0 aromatic heterocycles. The van der Waals surface area contributed by atoms with E-state index in [0.717, 1.165) is 44.9 Å². The van der Waals surface area contributed by atoms with E-state index in [9.17, 15) is 19.8 Å². The maximum atomic E-state index is 12.4. The van der Waals surface area contributed by atoms with Crippen LogP contribution in [0, 0.1) is 0 Å². The van der Waals surface area contributed by atoms with Crippen molar-refractivity contribution in [1.29, 1.82) is 0 Å². The minimum atomic E-state index is -0.667. The van der Waals surface area contributed by atoms with Crippen LogP contribution in [0.5, 0.6) is 0 Å². The lowest BCUT2D eigenvalue weighted by molar-refractivity contribution is -0.143. The van der Waals surface area contributed by atoms with E-state index >= 15 is 0 Å². The number of aliphatic hydroxyl groups is 2. The third kappa shape index (κ3) is 48.3. The Balaban J connectivity index is 3.37. The molecule has 0 spiro atoms. The Labute approximate surface area is 387 Å². The number of aliphatic hydroxyl groups excluding tert-OH is 2. The zero-order valence-electron chi connectivity index (χ0n) is 42.1. The van der Waals surface area contributed by atoms with E-state index in [1.165, 1.54) is 244 Å². The molecule has 1 amide bonds. The first-order valence-corrected chi connectivity index (χ1v) is 28.3. The van der Waals surface area contributed by atoms with E-state index in [0.29, 0.717) is 25.9 Å². The molecule has 6 heteroatoms. The second-order valence-corrected chi connectivity index (χ2v) is 19.6. The minimum Gasteiger partial charge on any atom is -0.466 e. The molecule has 0 aliphatic carbocycles. The summed E-state index contributed by atoms with van der Waals surface area (Å²) in [6, 6.07) is -0.545. The average molecular weight is 879 g/mol. The van der Waals surface area contributed by atoms with Crippen molar-refractivity contribution in [2.24, 2.45) is 0 Å². The summed E-state index contributed by atoms with van der Waals surface area (Å²) in [7, 11) is 0. The zero-order chi connectivity index (χ0) is 45.1. The molecule has 0 aliphatic heterocycles. The highest BCUT2D eigenvalue weighted by Crippen LogP contribution is 2.18. The summed E-state index contributed by atoms with van der Waals surface area (Å²) in [5, 5.41) is 23.2. The fourth-order valence-corrected chi connectivity index (χ4v) is 9.05. The van der Waals surface area contributed by atoms with Gasteiger partial charge in [0.2, 0.25) is 5.91 Å². The Bertz CT molecular complexity index is 882. The van der Waals surface area contributed by atoms with Crippen molar-refractivity contribution in [3.05, 3.63) is 0 Å². The molecule has 62 heavy (non-hydrogen) atoms. The van der Waals surface area contributed by atoms with Gasteiger partial charge in [0.15, 0.2) is 0 Å². The van der Waals surface area contributed by atoms with Crippen LogP contribution in [0.25, 0.3) is 0 Å². The molecular formula is C56H111NO5. The first-order valence-electron chi connectivity index (χ1n) is 28.3. The molecular weight excluding hydrogens is 767 g/mol. The van der Waals surface area contributed by atoms with Gasteiger partial charge in [-0.15, -0.1) is 0 Å². The number of unbranched alkanes of at least 4 members (excludes halogenated alkanes) is 42. The lowest BCUT2D eigenvalue weighted by Gasteiger charge is -2.22. The van der Waals surface area contributed by atoms with E-state index in [4.69, 9.17) is 4.74 Å². The summed E-state index contributed by atoms with van der Waals surface area (Å²) >= 11 is 0. The molecule has 0 bridgehead atoms. The van der Waals surface area contributed by atoms with Crippen molar-refractivity contribution in [2.75, 3.05) is 13.2 Å². The summed E-state index contributed by atoms with van der Waals surface area (Å²) < 4.78 is 5.49. The molecule has 0 aliphatic rings. The van der Waals surface area contributed by atoms with Crippen molar-refractivity contribution < 1.29 is 24.5 Å². The van der Waals surface area contributed by atoms with Crippen LogP contribution in [0.4, 0.5) is 0 Å². The number of nitrogens with one attached hydrogen (secondary N) is 1. The first-order chi connectivity index (χ1) is 30.5. The normalized spacial score (nSPS) is 12.5. The van der Waals surface area contributed by atoms with E-state index in [2.05, 4.69) is 19.2 Å². The summed E-state index contributed by atoms with van der Waals surface area (Å²) in [6.07, 6.45) is 59.5. The highest BCUT2D eigenvalue weighted by molar-refractivity contribution is 5.76. The SMILES string of the molecule is CCCCCCCCCCCCCCCCCCCCCC(=O)OCCCCCCCCCCCCCCCCCC(=O)NC(CO)C(O)CCCCCCCCCCCCC. The van der Waals surface area contributed by atoms with Gasteiger partial charge in [0, 0.05) is 12.8 Å². The molecule has 3 N–H and O–H groups in total. The van der Waals surface area contributed by atoms with Crippen molar-refractivity contribution in [2.45, 2.75) is 334 Å². The van der Waals surface area contributed by atoms with Crippen molar-refractivity contribution in [3.8, 4) is 0 Å². The minimum absolute atomic E-state index is 0.00607. The average Bonchev–Trinajstić information content (AvgIpc) is 3.27. The van der Waals surface area contributed by atoms with Crippen LogP contribution in [0.15, 0.2) is 0 Å². The van der Waals surface area contributed by atoms with Gasteiger partial charge >= 0.3 is 5.97 Å². The van der Waals surface area contributed by atoms with E-state index < -0.39 is 12.1 Å². The summed E-state index contributed by atoms with van der Waals surface area (Å²) in [6.45, 7) is 4.95. The Morgan fingerprint density at radius 3 is 0.984 bits per heavy atom. The van der Waals surface area contributed by atoms with Gasteiger partial charge in [-0.1, -0.05) is 284 Å². The molecule has 2 unspecified atom stereocenters. The van der Waals surface area contributed by atoms with Crippen LogP contribution in [-0.2, 0) is 14.3 Å². The molecule has 370 valence electrons. The van der Waals surface area contributed by atoms with E-state index in [1.54, 1.807) is 0 Å². The Morgan fingerprint density at radius 2 is 0.661 bits per heavy atom. The summed E-state index contributed by atoms with van der Waals surface area (Å²) in [5.41, 5.74) is 0. The van der Waals surface area contributed by atoms with Crippen molar-refractivity contribution >= 4 is 11.9 Å². The largest absolute Gasteiger partial charge is 0.466 e. The smallest absolute Gasteiger partial charge is 0.305 e. The van der Waals surface area contributed by atoms with Gasteiger partial charge in [-0.2, -0.15) is 0 Å². The van der Waals surface area contributed by atoms with Crippen LogP contribution in [-0.4, -0.2) is 47.4 Å². The molecule has 0 saturated heterocycles. The number of carbonyl (C=O) groups is 2. The first kappa shape index (κ1) is 60.9. The quantitative estimate of drug-likeness (QED) is 0.0418. The van der Waals surface area contributed by atoms with Gasteiger partial charge in [-0.25, -0.2) is 0 Å². The van der Waals surface area contributed by atoms with Crippen LogP contribution in [0.2, 0.25) is 0 Å². The predicted octanol–water partition coefficient (Wildman–Crippen LogP) is 17.1. The second-order valence-electron chi connectivity index (χ2n) is 19.6. The Kier molecular flexibility index (Phi) is 51.5. The third-order valence-corrected chi connectivity index (χ3v) is 13.4. The fourth-order valence-electron chi connectivity index (χ4n) is 9.05. The number of carbonyl (C=O) groups excluding carboxylic acids is 2. The number of ether oxygens (including phenoxy) is 1.